The van der Waals surface area contributed by atoms with Crippen molar-refractivity contribution in [1.29, 1.82) is 0 Å². The average Bonchev–Trinajstić information content (AvgIpc) is 2.91. The van der Waals surface area contributed by atoms with Gasteiger partial charge in [0.15, 0.2) is 5.54 Å². The van der Waals surface area contributed by atoms with Crippen LogP contribution in [0.4, 0.5) is 0 Å². The summed E-state index contributed by atoms with van der Waals surface area (Å²) in [5.41, 5.74) is -0.645. The van der Waals surface area contributed by atoms with Crippen LogP contribution in [0.15, 0.2) is 24.3 Å². The molecule has 0 aliphatic heterocycles. The van der Waals surface area contributed by atoms with Crippen molar-refractivity contribution < 1.29 is 14.4 Å². The Hall–Kier alpha value is -1.09. The van der Waals surface area contributed by atoms with E-state index in [-0.39, 0.29) is 0 Å². The SMILES string of the molecule is CCCCCC=CCC=CCCCCCCCCC(CCCCCCCCCCCCCC)(C(=O)O)[N+](C)(C)C. The molecule has 0 fully saturated rings. The van der Waals surface area contributed by atoms with E-state index in [4.69, 9.17) is 0 Å². The van der Waals surface area contributed by atoms with Gasteiger partial charge in [0.05, 0.1) is 21.1 Å². The predicted molar refractivity (Wildman–Crippen MR) is 178 cm³/mol. The zero-order valence-electron chi connectivity index (χ0n) is 28.0. The van der Waals surface area contributed by atoms with Crippen molar-refractivity contribution in [1.82, 2.24) is 0 Å². The van der Waals surface area contributed by atoms with Gasteiger partial charge in [0.25, 0.3) is 0 Å². The summed E-state index contributed by atoms with van der Waals surface area (Å²) in [7, 11) is 6.26. The molecule has 0 rings (SSSR count). The zero-order chi connectivity index (χ0) is 29.8. The molecular formula is C37H72NO2+. The second-order valence-corrected chi connectivity index (χ2v) is 13.3. The molecule has 1 unspecified atom stereocenters. The van der Waals surface area contributed by atoms with Gasteiger partial charge in [-0.1, -0.05) is 147 Å². The second kappa shape index (κ2) is 26.8. The Bertz CT molecular complexity index is 618. The number of allylic oxidation sites excluding steroid dienone is 4. The molecule has 1 atom stereocenters. The van der Waals surface area contributed by atoms with Gasteiger partial charge < -0.3 is 9.59 Å². The van der Waals surface area contributed by atoms with Crippen LogP contribution in [0.5, 0.6) is 0 Å². The van der Waals surface area contributed by atoms with Crippen molar-refractivity contribution in [2.75, 3.05) is 21.1 Å². The van der Waals surface area contributed by atoms with E-state index in [1.54, 1.807) is 0 Å². The number of aliphatic carboxylic acids is 1. The minimum absolute atomic E-state index is 0.528. The van der Waals surface area contributed by atoms with Crippen molar-refractivity contribution in [2.45, 2.75) is 186 Å². The third kappa shape index (κ3) is 20.7. The van der Waals surface area contributed by atoms with Crippen LogP contribution in [-0.2, 0) is 4.79 Å². The molecule has 0 bridgehead atoms. The fourth-order valence-electron chi connectivity index (χ4n) is 5.96. The van der Waals surface area contributed by atoms with E-state index >= 15 is 0 Å². The smallest absolute Gasteiger partial charge is 0.365 e. The molecule has 0 saturated heterocycles. The minimum Gasteiger partial charge on any atom is -0.477 e. The molecule has 0 amide bonds. The highest BCUT2D eigenvalue weighted by molar-refractivity contribution is 5.77. The maximum atomic E-state index is 12.6. The van der Waals surface area contributed by atoms with Gasteiger partial charge in [0, 0.05) is 12.8 Å². The summed E-state index contributed by atoms with van der Waals surface area (Å²) in [5.74, 6) is -0.592. The van der Waals surface area contributed by atoms with Crippen molar-refractivity contribution >= 4 is 5.97 Å². The van der Waals surface area contributed by atoms with Gasteiger partial charge >= 0.3 is 5.97 Å². The number of nitrogens with zero attached hydrogens (tertiary/aromatic N) is 1. The minimum atomic E-state index is -0.645. The molecule has 40 heavy (non-hydrogen) atoms. The topological polar surface area (TPSA) is 37.3 Å². The fraction of sp³-hybridized carbons (Fsp3) is 0.865. The molecule has 0 aromatic heterocycles. The van der Waals surface area contributed by atoms with Crippen LogP contribution in [0.2, 0.25) is 0 Å². The van der Waals surface area contributed by atoms with E-state index in [0.717, 1.165) is 38.5 Å². The van der Waals surface area contributed by atoms with Crippen LogP contribution in [0.1, 0.15) is 181 Å². The lowest BCUT2D eigenvalue weighted by Crippen LogP contribution is -2.62. The van der Waals surface area contributed by atoms with E-state index in [2.05, 4.69) is 59.3 Å². The van der Waals surface area contributed by atoms with E-state index < -0.39 is 11.5 Å². The zero-order valence-corrected chi connectivity index (χ0v) is 28.0. The summed E-state index contributed by atoms with van der Waals surface area (Å²) in [6, 6.07) is 0. The van der Waals surface area contributed by atoms with Crippen molar-refractivity contribution in [3.8, 4) is 0 Å². The van der Waals surface area contributed by atoms with E-state index in [1.807, 2.05) is 0 Å². The Kier molecular flexibility index (Phi) is 26.1. The fourth-order valence-corrected chi connectivity index (χ4v) is 5.96. The first-order chi connectivity index (χ1) is 19.3. The quantitative estimate of drug-likeness (QED) is 0.0537. The number of quaternary nitrogens is 1. The van der Waals surface area contributed by atoms with Gasteiger partial charge in [-0.05, 0) is 44.9 Å². The summed E-state index contributed by atoms with van der Waals surface area (Å²) in [4.78, 5) is 12.6. The summed E-state index contributed by atoms with van der Waals surface area (Å²) in [5, 5.41) is 10.3. The van der Waals surface area contributed by atoms with Gasteiger partial charge in [-0.2, -0.15) is 0 Å². The molecule has 0 heterocycles. The molecule has 0 aliphatic carbocycles. The Morgan fingerprint density at radius 3 is 1.23 bits per heavy atom. The maximum absolute atomic E-state index is 12.6. The maximum Gasteiger partial charge on any atom is 0.365 e. The molecular weight excluding hydrogens is 490 g/mol. The number of unbranched alkanes of at least 4 members (excludes halogenated alkanes) is 20. The van der Waals surface area contributed by atoms with Gasteiger partial charge in [-0.25, -0.2) is 4.79 Å². The lowest BCUT2D eigenvalue weighted by Gasteiger charge is -2.43. The number of rotatable bonds is 30. The summed E-state index contributed by atoms with van der Waals surface area (Å²) >= 11 is 0. The number of carboxylic acid groups (broad SMARTS) is 1. The monoisotopic (exact) mass is 563 g/mol. The average molecular weight is 563 g/mol. The van der Waals surface area contributed by atoms with Crippen LogP contribution in [0, 0.1) is 0 Å². The number of likely N-dealkylation sites (N-methyl/N-ethyl adjacent to an activating group) is 1. The van der Waals surface area contributed by atoms with Crippen LogP contribution in [0.3, 0.4) is 0 Å². The summed E-state index contributed by atoms with van der Waals surface area (Å²) in [6.45, 7) is 4.53. The highest BCUT2D eigenvalue weighted by Gasteiger charge is 2.49. The standard InChI is InChI=1S/C37H71NO2/c1-6-8-10-12-14-16-18-20-21-22-23-25-27-29-31-33-35-37(36(39)40,38(3,4)5)34-32-30-28-26-24-19-17-15-13-11-9-7-2/h14,16,20-21H,6-13,15,17-19,22-35H2,1-5H3/p+1. The second-order valence-electron chi connectivity index (χ2n) is 13.3. The van der Waals surface area contributed by atoms with Crippen molar-refractivity contribution in [3.05, 3.63) is 24.3 Å². The molecule has 0 spiro atoms. The number of carboxylic acids is 1. The first-order valence-corrected chi connectivity index (χ1v) is 17.7. The lowest BCUT2D eigenvalue weighted by molar-refractivity contribution is -0.915. The van der Waals surface area contributed by atoms with Crippen LogP contribution >= 0.6 is 0 Å². The first kappa shape index (κ1) is 38.9. The van der Waals surface area contributed by atoms with Gasteiger partial charge in [0.2, 0.25) is 0 Å². The third-order valence-electron chi connectivity index (χ3n) is 8.92. The first-order valence-electron chi connectivity index (χ1n) is 17.7. The van der Waals surface area contributed by atoms with Gasteiger partial charge in [-0.3, -0.25) is 0 Å². The highest BCUT2D eigenvalue weighted by atomic mass is 16.4. The Morgan fingerprint density at radius 1 is 0.525 bits per heavy atom. The summed E-state index contributed by atoms with van der Waals surface area (Å²) < 4.78 is 0.528. The Balaban J connectivity index is 4.06. The molecule has 3 heteroatoms. The molecule has 236 valence electrons. The largest absolute Gasteiger partial charge is 0.477 e. The molecule has 1 N–H and O–H groups in total. The predicted octanol–water partition coefficient (Wildman–Crippen LogP) is 11.8. The number of carbonyl (C=O) groups is 1. The highest BCUT2D eigenvalue weighted by Crippen LogP contribution is 2.32. The lowest BCUT2D eigenvalue weighted by atomic mass is 9.83. The van der Waals surface area contributed by atoms with Crippen LogP contribution < -0.4 is 0 Å². The van der Waals surface area contributed by atoms with Gasteiger partial charge in [0.1, 0.15) is 0 Å². The molecule has 0 saturated carbocycles. The molecule has 0 aliphatic rings. The number of hydrogen-bond donors (Lipinski definition) is 1. The van der Waals surface area contributed by atoms with Crippen LogP contribution in [-0.4, -0.2) is 42.2 Å². The molecule has 3 nitrogen and oxygen atoms in total. The van der Waals surface area contributed by atoms with Crippen molar-refractivity contribution in [2.24, 2.45) is 0 Å². The Labute approximate surface area is 251 Å². The van der Waals surface area contributed by atoms with E-state index in [1.165, 1.54) is 128 Å². The van der Waals surface area contributed by atoms with Crippen molar-refractivity contribution in [3.63, 3.8) is 0 Å². The van der Waals surface area contributed by atoms with Gasteiger partial charge in [-0.15, -0.1) is 0 Å². The van der Waals surface area contributed by atoms with E-state index in [0.29, 0.717) is 4.48 Å². The Morgan fingerprint density at radius 2 is 0.850 bits per heavy atom. The molecule has 0 aromatic carbocycles. The molecule has 0 aromatic rings. The van der Waals surface area contributed by atoms with Crippen LogP contribution in [0.25, 0.3) is 0 Å². The third-order valence-corrected chi connectivity index (χ3v) is 8.92. The normalized spacial score (nSPS) is 13.9. The number of hydrogen-bond acceptors (Lipinski definition) is 1. The van der Waals surface area contributed by atoms with E-state index in [9.17, 15) is 9.90 Å². The molecule has 0 radical (unpaired) electrons. The summed E-state index contributed by atoms with van der Waals surface area (Å²) in [6.07, 6.45) is 41.4.